The molecule has 1 aliphatic rings. The molecule has 1 aliphatic carbocycles. The van der Waals surface area contributed by atoms with Crippen LogP contribution in [-0.4, -0.2) is 14.2 Å². The van der Waals surface area contributed by atoms with Crippen molar-refractivity contribution < 1.29 is 9.47 Å². The van der Waals surface area contributed by atoms with Gasteiger partial charge in [-0.25, -0.2) is 0 Å². The molecule has 1 saturated carbocycles. The van der Waals surface area contributed by atoms with E-state index in [-0.39, 0.29) is 4.83 Å². The van der Waals surface area contributed by atoms with Crippen molar-refractivity contribution in [3.8, 4) is 11.5 Å². The second kappa shape index (κ2) is 4.69. The zero-order chi connectivity index (χ0) is 14.4. The molecule has 3 heteroatoms. The zero-order valence-electron chi connectivity index (χ0n) is 12.6. The van der Waals surface area contributed by atoms with E-state index in [1.54, 1.807) is 14.2 Å². The van der Waals surface area contributed by atoms with Gasteiger partial charge in [-0.15, -0.1) is 0 Å². The van der Waals surface area contributed by atoms with Gasteiger partial charge in [-0.1, -0.05) is 43.6 Å². The summed E-state index contributed by atoms with van der Waals surface area (Å²) in [6.07, 6.45) is 0. The van der Waals surface area contributed by atoms with Crippen molar-refractivity contribution in [2.45, 2.75) is 32.5 Å². The Kier molecular flexibility index (Phi) is 3.63. The molecule has 0 N–H and O–H groups in total. The number of halogens is 1. The Hall–Kier alpha value is -0.700. The van der Waals surface area contributed by atoms with E-state index >= 15 is 0 Å². The summed E-state index contributed by atoms with van der Waals surface area (Å²) in [5, 5.41) is 0. The van der Waals surface area contributed by atoms with Crippen molar-refractivity contribution in [2.75, 3.05) is 14.2 Å². The summed E-state index contributed by atoms with van der Waals surface area (Å²) in [5.74, 6) is 2.37. The van der Waals surface area contributed by atoms with E-state index in [0.717, 1.165) is 11.5 Å². The standard InChI is InChI=1S/C16H23BrO2/c1-15(2)14(16(15,3)4)13(17)11-9-10(18-5)7-8-12(11)19-6/h7-9,13-14H,1-6H3. The predicted molar refractivity (Wildman–Crippen MR) is 82.3 cm³/mol. The van der Waals surface area contributed by atoms with E-state index in [9.17, 15) is 0 Å². The summed E-state index contributed by atoms with van der Waals surface area (Å²) in [6, 6.07) is 5.98. The molecular formula is C16H23BrO2. The highest BCUT2D eigenvalue weighted by Gasteiger charge is 2.67. The summed E-state index contributed by atoms with van der Waals surface area (Å²) < 4.78 is 10.8. The fraction of sp³-hybridized carbons (Fsp3) is 0.625. The topological polar surface area (TPSA) is 18.5 Å². The lowest BCUT2D eigenvalue weighted by molar-refractivity contribution is 0.396. The van der Waals surface area contributed by atoms with Crippen LogP contribution >= 0.6 is 15.9 Å². The Morgan fingerprint density at radius 3 is 2.05 bits per heavy atom. The molecule has 0 bridgehead atoms. The molecular weight excluding hydrogens is 304 g/mol. The van der Waals surface area contributed by atoms with Crippen molar-refractivity contribution in [1.29, 1.82) is 0 Å². The third-order valence-electron chi connectivity index (χ3n) is 5.16. The summed E-state index contributed by atoms with van der Waals surface area (Å²) in [5.41, 5.74) is 1.83. The van der Waals surface area contributed by atoms with Crippen LogP contribution in [-0.2, 0) is 0 Å². The molecule has 19 heavy (non-hydrogen) atoms. The Bertz CT molecular complexity index is 466. The molecule has 106 valence electrons. The first-order chi connectivity index (χ1) is 8.77. The smallest absolute Gasteiger partial charge is 0.123 e. The van der Waals surface area contributed by atoms with Gasteiger partial charge in [-0.05, 0) is 34.9 Å². The molecule has 0 aromatic heterocycles. The minimum atomic E-state index is 0.280. The Balaban J connectivity index is 2.37. The van der Waals surface area contributed by atoms with Crippen molar-refractivity contribution in [2.24, 2.45) is 16.7 Å². The van der Waals surface area contributed by atoms with Gasteiger partial charge < -0.3 is 9.47 Å². The van der Waals surface area contributed by atoms with Gasteiger partial charge in [-0.3, -0.25) is 0 Å². The third kappa shape index (κ3) is 2.16. The normalized spacial score (nSPS) is 21.8. The van der Waals surface area contributed by atoms with E-state index in [2.05, 4.69) is 49.7 Å². The van der Waals surface area contributed by atoms with E-state index in [1.165, 1.54) is 5.56 Å². The highest BCUT2D eigenvalue weighted by molar-refractivity contribution is 9.09. The second-order valence-corrected chi connectivity index (χ2v) is 7.42. The van der Waals surface area contributed by atoms with Crippen LogP contribution in [0.4, 0.5) is 0 Å². The lowest BCUT2D eigenvalue weighted by Gasteiger charge is -2.17. The largest absolute Gasteiger partial charge is 0.497 e. The molecule has 0 amide bonds. The maximum absolute atomic E-state index is 5.49. The molecule has 0 aliphatic heterocycles. The number of hydrogen-bond donors (Lipinski definition) is 0. The van der Waals surface area contributed by atoms with Gasteiger partial charge >= 0.3 is 0 Å². The summed E-state index contributed by atoms with van der Waals surface area (Å²) in [6.45, 7) is 9.33. The Morgan fingerprint density at radius 2 is 1.63 bits per heavy atom. The fourth-order valence-electron chi connectivity index (χ4n) is 3.21. The van der Waals surface area contributed by atoms with Crippen LogP contribution in [0.15, 0.2) is 18.2 Å². The molecule has 1 unspecified atom stereocenters. The summed E-state index contributed by atoms with van der Waals surface area (Å²) in [7, 11) is 3.41. The fourth-order valence-corrected chi connectivity index (χ4v) is 4.89. The van der Waals surface area contributed by atoms with Crippen molar-refractivity contribution >= 4 is 15.9 Å². The molecule has 0 heterocycles. The number of ether oxygens (including phenoxy) is 2. The van der Waals surface area contributed by atoms with Gasteiger partial charge in [0, 0.05) is 10.4 Å². The lowest BCUT2D eigenvalue weighted by Crippen LogP contribution is -2.02. The number of rotatable bonds is 4. The lowest BCUT2D eigenvalue weighted by atomic mass is 10.0. The van der Waals surface area contributed by atoms with E-state index in [0.29, 0.717) is 16.7 Å². The average molecular weight is 327 g/mol. The third-order valence-corrected chi connectivity index (χ3v) is 6.18. The van der Waals surface area contributed by atoms with Gasteiger partial charge in [-0.2, -0.15) is 0 Å². The number of methoxy groups -OCH3 is 2. The number of alkyl halides is 1. The summed E-state index contributed by atoms with van der Waals surface area (Å²) in [4.78, 5) is 0.280. The maximum Gasteiger partial charge on any atom is 0.123 e. The van der Waals surface area contributed by atoms with E-state index < -0.39 is 0 Å². The first kappa shape index (κ1) is 14.7. The first-order valence-electron chi connectivity index (χ1n) is 6.63. The molecule has 0 radical (unpaired) electrons. The minimum Gasteiger partial charge on any atom is -0.497 e. The molecule has 1 fully saturated rings. The molecule has 1 aromatic rings. The summed E-state index contributed by atoms with van der Waals surface area (Å²) >= 11 is 3.88. The average Bonchev–Trinajstić information content (AvgIpc) is 2.78. The van der Waals surface area contributed by atoms with Gasteiger partial charge in [0.15, 0.2) is 0 Å². The molecule has 2 rings (SSSR count). The van der Waals surface area contributed by atoms with Gasteiger partial charge in [0.1, 0.15) is 11.5 Å². The van der Waals surface area contributed by atoms with Crippen LogP contribution in [0.25, 0.3) is 0 Å². The minimum absolute atomic E-state index is 0.280. The van der Waals surface area contributed by atoms with E-state index in [1.807, 2.05) is 12.1 Å². The van der Waals surface area contributed by atoms with Crippen LogP contribution in [0.3, 0.4) is 0 Å². The van der Waals surface area contributed by atoms with Crippen molar-refractivity contribution in [3.05, 3.63) is 23.8 Å². The molecule has 1 atom stereocenters. The first-order valence-corrected chi connectivity index (χ1v) is 7.55. The number of benzene rings is 1. The van der Waals surface area contributed by atoms with Crippen LogP contribution in [0.2, 0.25) is 0 Å². The Labute approximate surface area is 124 Å². The van der Waals surface area contributed by atoms with Crippen LogP contribution in [0, 0.1) is 16.7 Å². The highest BCUT2D eigenvalue weighted by Crippen LogP contribution is 2.74. The molecule has 0 saturated heterocycles. The molecule has 0 spiro atoms. The van der Waals surface area contributed by atoms with Crippen LogP contribution in [0.5, 0.6) is 11.5 Å². The highest BCUT2D eigenvalue weighted by atomic mass is 79.9. The monoisotopic (exact) mass is 326 g/mol. The van der Waals surface area contributed by atoms with Crippen LogP contribution < -0.4 is 9.47 Å². The predicted octanol–water partition coefficient (Wildman–Crippen LogP) is 4.82. The zero-order valence-corrected chi connectivity index (χ0v) is 14.2. The number of hydrogen-bond acceptors (Lipinski definition) is 2. The van der Waals surface area contributed by atoms with Crippen LogP contribution in [0.1, 0.15) is 38.1 Å². The quantitative estimate of drug-likeness (QED) is 0.738. The second-order valence-electron chi connectivity index (χ2n) is 6.43. The molecule has 2 nitrogen and oxygen atoms in total. The Morgan fingerprint density at radius 1 is 1.05 bits per heavy atom. The van der Waals surface area contributed by atoms with Crippen molar-refractivity contribution in [3.63, 3.8) is 0 Å². The van der Waals surface area contributed by atoms with Gasteiger partial charge in [0.05, 0.1) is 14.2 Å². The molecule has 1 aromatic carbocycles. The maximum atomic E-state index is 5.49. The van der Waals surface area contributed by atoms with Gasteiger partial charge in [0.2, 0.25) is 0 Å². The SMILES string of the molecule is COc1ccc(OC)c(C(Br)C2C(C)(C)C2(C)C)c1. The van der Waals surface area contributed by atoms with E-state index in [4.69, 9.17) is 9.47 Å². The van der Waals surface area contributed by atoms with Crippen molar-refractivity contribution in [1.82, 2.24) is 0 Å². The van der Waals surface area contributed by atoms with Gasteiger partial charge in [0.25, 0.3) is 0 Å².